The molecule has 1 aromatic carbocycles. The summed E-state index contributed by atoms with van der Waals surface area (Å²) in [5.74, 6) is 2.11. The standard InChI is InChI=1S/C31H36N8O3/c1-31(2)20-36(3)17-21-15-23(9-10-24(21)31)33-30-32-16-22(18-40)28(35-30)39-26-12-11-25-29(34-26)38(27(41)19-42-25)14-8-6-5-7-13-37(39)4/h5,7,9-12,15-16,18H,6,8,13-14,17,19-20H2,1-4H3,(H,32,33,35)/b7-5-. The molecule has 0 saturated heterocycles. The third-order valence-electron chi connectivity index (χ3n) is 7.90. The average molecular weight is 569 g/mol. The first-order valence-corrected chi connectivity index (χ1v) is 14.2. The minimum Gasteiger partial charge on any atom is -0.480 e. The summed E-state index contributed by atoms with van der Waals surface area (Å²) in [5.41, 5.74) is 3.84. The molecule has 0 spiro atoms. The summed E-state index contributed by atoms with van der Waals surface area (Å²) >= 11 is 0. The van der Waals surface area contributed by atoms with E-state index in [-0.39, 0.29) is 17.9 Å². The number of aldehydes is 1. The van der Waals surface area contributed by atoms with E-state index in [1.165, 1.54) is 17.3 Å². The smallest absolute Gasteiger partial charge is 0.266 e. The predicted molar refractivity (Wildman–Crippen MR) is 162 cm³/mol. The molecule has 3 aliphatic heterocycles. The van der Waals surface area contributed by atoms with E-state index >= 15 is 0 Å². The zero-order valence-corrected chi connectivity index (χ0v) is 24.5. The maximum Gasteiger partial charge on any atom is 0.266 e. The molecule has 6 rings (SSSR count). The summed E-state index contributed by atoms with van der Waals surface area (Å²) in [4.78, 5) is 43.2. The Morgan fingerprint density at radius 2 is 1.93 bits per heavy atom. The van der Waals surface area contributed by atoms with Crippen molar-refractivity contribution < 1.29 is 14.3 Å². The molecule has 1 amide bonds. The van der Waals surface area contributed by atoms with Crippen LogP contribution in [0.25, 0.3) is 0 Å². The zero-order valence-electron chi connectivity index (χ0n) is 24.5. The van der Waals surface area contributed by atoms with Gasteiger partial charge in [0.25, 0.3) is 5.91 Å². The molecule has 42 heavy (non-hydrogen) atoms. The molecule has 0 fully saturated rings. The van der Waals surface area contributed by atoms with E-state index in [4.69, 9.17) is 14.7 Å². The molecule has 0 unspecified atom stereocenters. The number of aromatic nitrogens is 3. The van der Waals surface area contributed by atoms with Crippen molar-refractivity contribution in [2.45, 2.75) is 38.6 Å². The number of pyridine rings is 1. The second-order valence-electron chi connectivity index (χ2n) is 11.7. The Bertz CT molecular complexity index is 1560. The first kappa shape index (κ1) is 27.8. The van der Waals surface area contributed by atoms with Gasteiger partial charge in [-0.25, -0.2) is 20.0 Å². The number of allylic oxidation sites excluding steroid dienone is 1. The maximum atomic E-state index is 12.8. The molecule has 3 aliphatic rings. The Morgan fingerprint density at radius 3 is 2.76 bits per heavy atom. The highest BCUT2D eigenvalue weighted by molar-refractivity contribution is 5.97. The normalized spacial score (nSPS) is 19.7. The largest absolute Gasteiger partial charge is 0.480 e. The van der Waals surface area contributed by atoms with Gasteiger partial charge >= 0.3 is 0 Å². The molecular weight excluding hydrogens is 532 g/mol. The van der Waals surface area contributed by atoms with Crippen LogP contribution in [0.1, 0.15) is 48.2 Å². The lowest BCUT2D eigenvalue weighted by atomic mass is 9.78. The molecule has 0 atom stereocenters. The van der Waals surface area contributed by atoms with Gasteiger partial charge in [-0.15, -0.1) is 0 Å². The summed E-state index contributed by atoms with van der Waals surface area (Å²) in [6.07, 6.45) is 8.07. The summed E-state index contributed by atoms with van der Waals surface area (Å²) in [6, 6.07) is 9.99. The minimum absolute atomic E-state index is 0.0137. The zero-order chi connectivity index (χ0) is 29.4. The van der Waals surface area contributed by atoms with E-state index in [0.717, 1.165) is 37.9 Å². The third-order valence-corrected chi connectivity index (χ3v) is 7.90. The Hall–Kier alpha value is -4.35. The van der Waals surface area contributed by atoms with Crippen LogP contribution in [0.5, 0.6) is 5.75 Å². The second kappa shape index (κ2) is 11.1. The van der Waals surface area contributed by atoms with E-state index in [9.17, 15) is 9.59 Å². The molecule has 5 heterocycles. The summed E-state index contributed by atoms with van der Waals surface area (Å²) < 4.78 is 5.68. The summed E-state index contributed by atoms with van der Waals surface area (Å²) in [6.45, 7) is 7.48. The highest BCUT2D eigenvalue weighted by Gasteiger charge is 2.31. The number of nitrogens with zero attached hydrogens (tertiary/aromatic N) is 7. The molecule has 11 heteroatoms. The third kappa shape index (κ3) is 5.33. The number of benzene rings is 1. The number of rotatable bonds is 4. The Morgan fingerprint density at radius 1 is 1.07 bits per heavy atom. The maximum absolute atomic E-state index is 12.8. The molecule has 2 aromatic heterocycles. The van der Waals surface area contributed by atoms with Gasteiger partial charge in [0.15, 0.2) is 36.1 Å². The van der Waals surface area contributed by atoms with Crippen LogP contribution < -0.4 is 20.0 Å². The summed E-state index contributed by atoms with van der Waals surface area (Å²) in [5, 5.41) is 7.06. The number of carbonyl (C=O) groups is 2. The molecule has 0 aliphatic carbocycles. The van der Waals surface area contributed by atoms with Gasteiger partial charge in [-0.2, -0.15) is 4.98 Å². The average Bonchev–Trinajstić information content (AvgIpc) is 2.95. The first-order valence-electron chi connectivity index (χ1n) is 14.2. The Balaban J connectivity index is 1.40. The monoisotopic (exact) mass is 568 g/mol. The molecule has 218 valence electrons. The van der Waals surface area contributed by atoms with Gasteiger partial charge in [-0.3, -0.25) is 14.5 Å². The van der Waals surface area contributed by atoms with Crippen molar-refractivity contribution in [1.82, 2.24) is 24.9 Å². The van der Waals surface area contributed by atoms with Gasteiger partial charge in [-0.1, -0.05) is 32.1 Å². The molecule has 1 N–H and O–H groups in total. The number of amides is 1. The van der Waals surface area contributed by atoms with Crippen molar-refractivity contribution in [3.05, 3.63) is 65.4 Å². The second-order valence-corrected chi connectivity index (χ2v) is 11.7. The van der Waals surface area contributed by atoms with Crippen LogP contribution in [0.15, 0.2) is 48.7 Å². The van der Waals surface area contributed by atoms with E-state index in [1.54, 1.807) is 9.91 Å². The lowest BCUT2D eigenvalue weighted by Crippen LogP contribution is -2.42. The minimum atomic E-state index is -0.130. The number of carbonyl (C=O) groups excluding carboxylic acids is 2. The van der Waals surface area contributed by atoms with Crippen molar-refractivity contribution in [2.24, 2.45) is 0 Å². The molecular formula is C31H36N8O3. The highest BCUT2D eigenvalue weighted by Crippen LogP contribution is 2.37. The molecule has 11 nitrogen and oxygen atoms in total. The van der Waals surface area contributed by atoms with Crippen molar-refractivity contribution >= 4 is 41.3 Å². The topological polar surface area (TPSA) is 107 Å². The van der Waals surface area contributed by atoms with Crippen molar-refractivity contribution in [3.63, 3.8) is 0 Å². The van der Waals surface area contributed by atoms with Crippen LogP contribution in [0.4, 0.5) is 29.1 Å². The fourth-order valence-corrected chi connectivity index (χ4v) is 6.05. The van der Waals surface area contributed by atoms with E-state index in [1.807, 2.05) is 30.3 Å². The fourth-order valence-electron chi connectivity index (χ4n) is 6.05. The number of anilines is 5. The van der Waals surface area contributed by atoms with E-state index in [2.05, 4.69) is 60.4 Å². The van der Waals surface area contributed by atoms with Crippen LogP contribution in [0.2, 0.25) is 0 Å². The van der Waals surface area contributed by atoms with Crippen LogP contribution in [0.3, 0.4) is 0 Å². The van der Waals surface area contributed by atoms with Gasteiger partial charge in [0.1, 0.15) is 0 Å². The number of ether oxygens (including phenoxy) is 1. The Labute approximate surface area is 245 Å². The van der Waals surface area contributed by atoms with Crippen LogP contribution in [-0.2, 0) is 16.8 Å². The first-order chi connectivity index (χ1) is 20.2. The van der Waals surface area contributed by atoms with Crippen LogP contribution in [-0.4, -0.2) is 77.4 Å². The van der Waals surface area contributed by atoms with Gasteiger partial charge in [0, 0.05) is 50.5 Å². The number of hydrazine groups is 1. The molecule has 3 aromatic rings. The SMILES string of the molecule is CN1Cc2cc(Nc3ncc(C=O)c(N4c5ccc6c(n5)N(CCC/C=C\CN4C)C(=O)CO6)n3)ccc2C(C)(C)C1. The fraction of sp³-hybridized carbons (Fsp3) is 0.387. The number of hydrogen-bond acceptors (Lipinski definition) is 10. The number of nitrogens with one attached hydrogen (secondary N) is 1. The Kier molecular flexibility index (Phi) is 7.38. The van der Waals surface area contributed by atoms with Crippen molar-refractivity contribution in [2.75, 3.05) is 55.6 Å². The highest BCUT2D eigenvalue weighted by atomic mass is 16.5. The molecule has 0 radical (unpaired) electrons. The molecule has 2 bridgehead atoms. The lowest BCUT2D eigenvalue weighted by molar-refractivity contribution is -0.121. The lowest BCUT2D eigenvalue weighted by Gasteiger charge is -2.38. The van der Waals surface area contributed by atoms with Crippen molar-refractivity contribution in [3.8, 4) is 5.75 Å². The summed E-state index contributed by atoms with van der Waals surface area (Å²) in [7, 11) is 4.04. The van der Waals surface area contributed by atoms with Gasteiger partial charge in [0.05, 0.1) is 5.56 Å². The van der Waals surface area contributed by atoms with E-state index in [0.29, 0.717) is 47.8 Å². The molecule has 0 saturated carbocycles. The van der Waals surface area contributed by atoms with Gasteiger partial charge < -0.3 is 15.0 Å². The van der Waals surface area contributed by atoms with Crippen molar-refractivity contribution in [1.29, 1.82) is 0 Å². The van der Waals surface area contributed by atoms with E-state index < -0.39 is 0 Å². The van der Waals surface area contributed by atoms with Gasteiger partial charge in [-0.05, 0) is 55.3 Å². The predicted octanol–water partition coefficient (Wildman–Crippen LogP) is 4.21. The quantitative estimate of drug-likeness (QED) is 0.363. The number of fused-ring (bicyclic) bond motifs is 2. The van der Waals surface area contributed by atoms with Gasteiger partial charge in [0.2, 0.25) is 5.95 Å². The number of hydrogen-bond donors (Lipinski definition) is 1. The van der Waals surface area contributed by atoms with Crippen LogP contribution >= 0.6 is 0 Å². The number of likely N-dealkylation sites (N-methyl/N-ethyl adjacent to an activating group) is 2. The van der Waals surface area contributed by atoms with Crippen LogP contribution in [0, 0.1) is 0 Å².